The molecule has 0 saturated carbocycles. The van der Waals surface area contributed by atoms with E-state index in [0.717, 1.165) is 18.9 Å². The third-order valence-corrected chi connectivity index (χ3v) is 4.21. The molecule has 0 unspecified atom stereocenters. The lowest BCUT2D eigenvalue weighted by Crippen LogP contribution is -2.46. The number of hydrogen-bond donors (Lipinski definition) is 2. The molecular weight excluding hydrogens is 238 g/mol. The topological polar surface area (TPSA) is 44.4 Å². The first-order valence-electron chi connectivity index (χ1n) is 7.63. The summed E-state index contributed by atoms with van der Waals surface area (Å²) in [6, 6.07) is 0. The van der Waals surface area contributed by atoms with Crippen LogP contribution in [0.25, 0.3) is 0 Å². The molecule has 1 heterocycles. The Bertz CT molecular complexity index is 271. The molecule has 1 amide bonds. The van der Waals surface area contributed by atoms with Gasteiger partial charge < -0.3 is 15.5 Å². The lowest BCUT2D eigenvalue weighted by Gasteiger charge is -2.29. The molecular formula is C15H31N3O. The monoisotopic (exact) mass is 269 g/mol. The molecule has 0 aromatic carbocycles. The highest BCUT2D eigenvalue weighted by molar-refractivity contribution is 5.78. The van der Waals surface area contributed by atoms with Crippen LogP contribution in [0.15, 0.2) is 0 Å². The molecule has 112 valence electrons. The van der Waals surface area contributed by atoms with Crippen molar-refractivity contribution in [2.75, 3.05) is 33.2 Å². The summed E-state index contributed by atoms with van der Waals surface area (Å²) >= 11 is 0. The molecule has 0 aromatic heterocycles. The first kappa shape index (κ1) is 16.4. The third kappa shape index (κ3) is 6.92. The molecule has 4 heteroatoms. The number of amides is 1. The van der Waals surface area contributed by atoms with Crippen molar-refractivity contribution < 1.29 is 4.79 Å². The average Bonchev–Trinajstić information content (AvgIpc) is 2.36. The zero-order chi connectivity index (χ0) is 14.3. The molecule has 0 atom stereocenters. The van der Waals surface area contributed by atoms with Gasteiger partial charge in [-0.2, -0.15) is 0 Å². The van der Waals surface area contributed by atoms with E-state index in [2.05, 4.69) is 43.4 Å². The Morgan fingerprint density at radius 1 is 1.32 bits per heavy atom. The summed E-state index contributed by atoms with van der Waals surface area (Å²) in [7, 11) is 2.19. The number of piperidine rings is 1. The Hall–Kier alpha value is -0.610. The maximum absolute atomic E-state index is 11.7. The van der Waals surface area contributed by atoms with Gasteiger partial charge in [0.05, 0.1) is 6.54 Å². The Balaban J connectivity index is 2.06. The van der Waals surface area contributed by atoms with Gasteiger partial charge in [0.25, 0.3) is 0 Å². The normalized spacial score (nSPS) is 18.5. The summed E-state index contributed by atoms with van der Waals surface area (Å²) in [6.07, 6.45) is 4.74. The lowest BCUT2D eigenvalue weighted by molar-refractivity contribution is -0.121. The largest absolute Gasteiger partial charge is 0.350 e. The van der Waals surface area contributed by atoms with Gasteiger partial charge >= 0.3 is 0 Å². The lowest BCUT2D eigenvalue weighted by atomic mass is 9.94. The van der Waals surface area contributed by atoms with Crippen molar-refractivity contribution in [2.45, 2.75) is 52.0 Å². The van der Waals surface area contributed by atoms with Crippen LogP contribution in [-0.2, 0) is 4.79 Å². The third-order valence-electron chi connectivity index (χ3n) is 4.21. The zero-order valence-corrected chi connectivity index (χ0v) is 13.1. The number of rotatable bonds is 7. The first-order valence-corrected chi connectivity index (χ1v) is 7.63. The van der Waals surface area contributed by atoms with Gasteiger partial charge in [-0.1, -0.05) is 6.92 Å². The van der Waals surface area contributed by atoms with Crippen LogP contribution in [0.2, 0.25) is 0 Å². The van der Waals surface area contributed by atoms with E-state index in [1.54, 1.807) is 0 Å². The molecule has 2 N–H and O–H groups in total. The molecule has 1 aliphatic rings. The van der Waals surface area contributed by atoms with Crippen LogP contribution >= 0.6 is 0 Å². The summed E-state index contributed by atoms with van der Waals surface area (Å²) in [5, 5.41) is 6.31. The van der Waals surface area contributed by atoms with E-state index in [-0.39, 0.29) is 11.4 Å². The van der Waals surface area contributed by atoms with Gasteiger partial charge in [0, 0.05) is 5.54 Å². The van der Waals surface area contributed by atoms with Crippen LogP contribution < -0.4 is 10.6 Å². The second-order valence-electron chi connectivity index (χ2n) is 6.50. The van der Waals surface area contributed by atoms with E-state index in [4.69, 9.17) is 0 Å². The van der Waals surface area contributed by atoms with Crippen LogP contribution in [0, 0.1) is 5.92 Å². The fraction of sp³-hybridized carbons (Fsp3) is 0.933. The van der Waals surface area contributed by atoms with E-state index in [0.29, 0.717) is 6.54 Å². The fourth-order valence-corrected chi connectivity index (χ4v) is 2.37. The van der Waals surface area contributed by atoms with Crippen molar-refractivity contribution in [3.05, 3.63) is 0 Å². The smallest absolute Gasteiger partial charge is 0.234 e. The maximum atomic E-state index is 11.7. The molecule has 1 fully saturated rings. The van der Waals surface area contributed by atoms with Crippen molar-refractivity contribution in [3.8, 4) is 0 Å². The summed E-state index contributed by atoms with van der Waals surface area (Å²) in [5.74, 6) is 0.939. The van der Waals surface area contributed by atoms with Gasteiger partial charge in [-0.15, -0.1) is 0 Å². The highest BCUT2D eigenvalue weighted by atomic mass is 16.2. The van der Waals surface area contributed by atoms with Crippen LogP contribution in [0.5, 0.6) is 0 Å². The van der Waals surface area contributed by atoms with Crippen LogP contribution in [-0.4, -0.2) is 49.6 Å². The van der Waals surface area contributed by atoms with Crippen LogP contribution in [0.1, 0.15) is 46.5 Å². The molecule has 0 spiro atoms. The Kier molecular flexibility index (Phi) is 6.80. The van der Waals surface area contributed by atoms with E-state index >= 15 is 0 Å². The van der Waals surface area contributed by atoms with Crippen molar-refractivity contribution in [3.63, 3.8) is 0 Å². The number of nitrogens with one attached hydrogen (secondary N) is 2. The Labute approximate surface area is 118 Å². The van der Waals surface area contributed by atoms with Crippen molar-refractivity contribution >= 4 is 5.91 Å². The minimum Gasteiger partial charge on any atom is -0.350 e. The van der Waals surface area contributed by atoms with Gasteiger partial charge in [0.1, 0.15) is 0 Å². The highest BCUT2D eigenvalue weighted by Gasteiger charge is 2.18. The number of hydrogen-bond acceptors (Lipinski definition) is 3. The minimum atomic E-state index is -0.0906. The number of carbonyl (C=O) groups is 1. The molecule has 4 nitrogen and oxygen atoms in total. The maximum Gasteiger partial charge on any atom is 0.234 e. The minimum absolute atomic E-state index is 0.0906. The number of carbonyl (C=O) groups excluding carboxylic acids is 1. The van der Waals surface area contributed by atoms with Crippen molar-refractivity contribution in [2.24, 2.45) is 5.92 Å². The standard InChI is InChI=1S/C15H31N3O/c1-5-15(2,3)17-14(19)12-16-9-6-13-7-10-18(4)11-8-13/h13,16H,5-12H2,1-4H3,(H,17,19). The molecule has 1 saturated heterocycles. The number of likely N-dealkylation sites (tertiary alicyclic amines) is 1. The van der Waals surface area contributed by atoms with E-state index < -0.39 is 0 Å². The summed E-state index contributed by atoms with van der Waals surface area (Å²) in [4.78, 5) is 14.1. The molecule has 0 aliphatic carbocycles. The number of nitrogens with zero attached hydrogens (tertiary/aromatic N) is 1. The van der Waals surface area contributed by atoms with Crippen molar-refractivity contribution in [1.29, 1.82) is 0 Å². The fourth-order valence-electron chi connectivity index (χ4n) is 2.37. The van der Waals surface area contributed by atoms with E-state index in [9.17, 15) is 4.79 Å². The second kappa shape index (κ2) is 7.85. The Morgan fingerprint density at radius 3 is 2.53 bits per heavy atom. The summed E-state index contributed by atoms with van der Waals surface area (Å²) < 4.78 is 0. The molecule has 1 rings (SSSR count). The molecule has 1 aliphatic heterocycles. The quantitative estimate of drug-likeness (QED) is 0.690. The van der Waals surface area contributed by atoms with Crippen LogP contribution in [0.3, 0.4) is 0 Å². The van der Waals surface area contributed by atoms with Gasteiger partial charge in [-0.25, -0.2) is 0 Å². The molecule has 19 heavy (non-hydrogen) atoms. The Morgan fingerprint density at radius 2 is 1.95 bits per heavy atom. The predicted molar refractivity (Wildman–Crippen MR) is 80.2 cm³/mol. The van der Waals surface area contributed by atoms with Gasteiger partial charge in [-0.05, 0) is 72.1 Å². The zero-order valence-electron chi connectivity index (χ0n) is 13.1. The summed E-state index contributed by atoms with van der Waals surface area (Å²) in [5.41, 5.74) is -0.0906. The van der Waals surface area contributed by atoms with E-state index in [1.807, 2.05) is 0 Å². The summed E-state index contributed by atoms with van der Waals surface area (Å²) in [6.45, 7) is 10.0. The van der Waals surface area contributed by atoms with E-state index in [1.165, 1.54) is 32.4 Å². The predicted octanol–water partition coefficient (Wildman–Crippen LogP) is 1.61. The highest BCUT2D eigenvalue weighted by Crippen LogP contribution is 2.18. The first-order chi connectivity index (χ1) is 8.93. The molecule has 0 bridgehead atoms. The molecule has 0 aromatic rings. The van der Waals surface area contributed by atoms with Gasteiger partial charge in [0.15, 0.2) is 0 Å². The van der Waals surface area contributed by atoms with Crippen LogP contribution in [0.4, 0.5) is 0 Å². The average molecular weight is 269 g/mol. The SMILES string of the molecule is CCC(C)(C)NC(=O)CNCCC1CCN(C)CC1. The van der Waals surface area contributed by atoms with Gasteiger partial charge in [-0.3, -0.25) is 4.79 Å². The van der Waals surface area contributed by atoms with Crippen molar-refractivity contribution in [1.82, 2.24) is 15.5 Å². The molecule has 0 radical (unpaired) electrons. The second-order valence-corrected chi connectivity index (χ2v) is 6.50. The van der Waals surface area contributed by atoms with Gasteiger partial charge in [0.2, 0.25) is 5.91 Å².